The molecule has 0 bridgehead atoms. The summed E-state index contributed by atoms with van der Waals surface area (Å²) in [6.07, 6.45) is 38.2. The minimum atomic E-state index is -1.59. The zero-order valence-electron chi connectivity index (χ0n) is 39.7. The van der Waals surface area contributed by atoms with Crippen LogP contribution in [0.15, 0.2) is 0 Å². The van der Waals surface area contributed by atoms with Gasteiger partial charge in [0, 0.05) is 12.8 Å². The highest BCUT2D eigenvalue weighted by Gasteiger charge is 2.44. The Morgan fingerprint density at radius 1 is 0.443 bits per heavy atom. The third-order valence-corrected chi connectivity index (χ3v) is 12.5. The molecule has 0 saturated carbocycles. The second-order valence-electron chi connectivity index (χ2n) is 18.3. The fraction of sp³-hybridized carbons (Fsp3) is 0.961. The summed E-state index contributed by atoms with van der Waals surface area (Å²) in [7, 11) is 0. The van der Waals surface area contributed by atoms with Crippen LogP contribution in [-0.2, 0) is 28.5 Å². The Bertz CT molecular complexity index is 964. The number of ether oxygens (including phenoxy) is 4. The molecule has 1 aliphatic heterocycles. The molecule has 362 valence electrons. The minimum Gasteiger partial charge on any atom is -0.462 e. The molecule has 61 heavy (non-hydrogen) atoms. The Morgan fingerprint density at radius 3 is 1.11 bits per heavy atom. The van der Waals surface area contributed by atoms with Gasteiger partial charge in [-0.05, 0) is 12.8 Å². The van der Waals surface area contributed by atoms with Crippen molar-refractivity contribution in [2.45, 2.75) is 295 Å². The van der Waals surface area contributed by atoms with Gasteiger partial charge in [0.15, 0.2) is 12.4 Å². The molecule has 2 unspecified atom stereocenters. The van der Waals surface area contributed by atoms with E-state index in [1.165, 1.54) is 186 Å². The lowest BCUT2D eigenvalue weighted by Gasteiger charge is -2.39. The topological polar surface area (TPSA) is 152 Å². The van der Waals surface area contributed by atoms with E-state index < -0.39 is 49.4 Å². The Balaban J connectivity index is 2.23. The zero-order chi connectivity index (χ0) is 44.4. The summed E-state index contributed by atoms with van der Waals surface area (Å²) in [5, 5.41) is 40.2. The van der Waals surface area contributed by atoms with Crippen LogP contribution in [-0.4, -0.2) is 89.0 Å². The van der Waals surface area contributed by atoms with E-state index in [1.54, 1.807) is 0 Å². The van der Waals surface area contributed by atoms with Crippen LogP contribution in [0.2, 0.25) is 0 Å². The second-order valence-corrected chi connectivity index (χ2v) is 18.3. The quantitative estimate of drug-likeness (QED) is 0.0344. The van der Waals surface area contributed by atoms with Gasteiger partial charge in [0.05, 0.1) is 13.2 Å². The largest absolute Gasteiger partial charge is 0.462 e. The zero-order valence-corrected chi connectivity index (χ0v) is 39.7. The van der Waals surface area contributed by atoms with Crippen molar-refractivity contribution in [1.82, 2.24) is 0 Å². The van der Waals surface area contributed by atoms with Crippen molar-refractivity contribution < 1.29 is 49.0 Å². The number of carbonyl (C=O) groups excluding carboxylic acids is 2. The third-order valence-electron chi connectivity index (χ3n) is 12.5. The predicted octanol–water partition coefficient (Wildman–Crippen LogP) is 12.1. The summed E-state index contributed by atoms with van der Waals surface area (Å²) in [5.74, 6) is -0.785. The molecular formula is C51H98O10. The van der Waals surface area contributed by atoms with E-state index in [-0.39, 0.29) is 32.0 Å². The van der Waals surface area contributed by atoms with Crippen LogP contribution >= 0.6 is 0 Å². The maximum atomic E-state index is 12.8. The number of hydrogen-bond donors (Lipinski definition) is 4. The SMILES string of the molecule is CCCCCCCCCCCCCCCCCCCCCC(=O)OC[C@@H](CO[C@H]1O[C@@H](CO)[C@@H](O)C(O)C1O)OC(=O)CCCCCCCCCCCCCCCCCCC. The average molecular weight is 871 g/mol. The minimum absolute atomic E-state index is 0.208. The van der Waals surface area contributed by atoms with Gasteiger partial charge in [-0.1, -0.05) is 232 Å². The van der Waals surface area contributed by atoms with Gasteiger partial charge in [0.25, 0.3) is 0 Å². The smallest absolute Gasteiger partial charge is 0.306 e. The summed E-state index contributed by atoms with van der Waals surface area (Å²) >= 11 is 0. The first-order chi connectivity index (χ1) is 29.8. The molecule has 10 nitrogen and oxygen atoms in total. The van der Waals surface area contributed by atoms with Gasteiger partial charge < -0.3 is 39.4 Å². The van der Waals surface area contributed by atoms with Crippen molar-refractivity contribution in [1.29, 1.82) is 0 Å². The first-order valence-corrected chi connectivity index (χ1v) is 26.1. The average Bonchev–Trinajstić information content (AvgIpc) is 3.26. The third kappa shape index (κ3) is 33.8. The molecule has 4 N–H and O–H groups in total. The number of carbonyl (C=O) groups is 2. The van der Waals surface area contributed by atoms with Crippen molar-refractivity contribution in [2.24, 2.45) is 0 Å². The molecular weight excluding hydrogens is 773 g/mol. The van der Waals surface area contributed by atoms with Crippen molar-refractivity contribution in [3.63, 3.8) is 0 Å². The normalized spacial score (nSPS) is 19.6. The van der Waals surface area contributed by atoms with E-state index in [2.05, 4.69) is 13.8 Å². The lowest BCUT2D eigenvalue weighted by molar-refractivity contribution is -0.305. The maximum Gasteiger partial charge on any atom is 0.306 e. The molecule has 1 rings (SSSR count). The molecule has 10 heteroatoms. The van der Waals surface area contributed by atoms with Gasteiger partial charge in [-0.25, -0.2) is 0 Å². The van der Waals surface area contributed by atoms with Gasteiger partial charge >= 0.3 is 11.9 Å². The van der Waals surface area contributed by atoms with E-state index in [0.29, 0.717) is 6.42 Å². The monoisotopic (exact) mass is 871 g/mol. The van der Waals surface area contributed by atoms with Gasteiger partial charge in [-0.2, -0.15) is 0 Å². The standard InChI is InChI=1S/C51H98O10/c1-3-5-7-9-11-13-15-17-19-21-22-24-25-27-29-31-33-35-37-39-46(53)58-42-44(43-59-51-50(57)49(56)48(55)45(41-52)61-51)60-47(54)40-38-36-34-32-30-28-26-23-20-18-16-14-12-10-8-6-4-2/h44-45,48-52,55-57H,3-43H2,1-2H3/t44-,45-,48+,49?,50?,51-/m0/s1. The summed E-state index contributed by atoms with van der Waals surface area (Å²) < 4.78 is 22.3. The summed E-state index contributed by atoms with van der Waals surface area (Å²) in [6, 6.07) is 0. The molecule has 0 amide bonds. The van der Waals surface area contributed by atoms with Crippen LogP contribution in [0.1, 0.15) is 258 Å². The highest BCUT2D eigenvalue weighted by atomic mass is 16.7. The van der Waals surface area contributed by atoms with Gasteiger partial charge in [-0.3, -0.25) is 9.59 Å². The molecule has 0 aliphatic carbocycles. The number of aliphatic hydroxyl groups is 4. The van der Waals surface area contributed by atoms with E-state index in [0.717, 1.165) is 38.5 Å². The van der Waals surface area contributed by atoms with Crippen LogP contribution in [0.5, 0.6) is 0 Å². The molecule has 0 spiro atoms. The van der Waals surface area contributed by atoms with Crippen molar-refractivity contribution >= 4 is 11.9 Å². The van der Waals surface area contributed by atoms with Crippen molar-refractivity contribution in [3.05, 3.63) is 0 Å². The summed E-state index contributed by atoms with van der Waals surface area (Å²) in [6.45, 7) is 3.48. The molecule has 0 aromatic carbocycles. The lowest BCUT2D eigenvalue weighted by Crippen LogP contribution is -2.59. The molecule has 1 aliphatic rings. The molecule has 1 fully saturated rings. The highest BCUT2D eigenvalue weighted by molar-refractivity contribution is 5.70. The fourth-order valence-electron chi connectivity index (χ4n) is 8.37. The Kier molecular flexibility index (Phi) is 40.3. The predicted molar refractivity (Wildman–Crippen MR) is 247 cm³/mol. The molecule has 1 saturated heterocycles. The van der Waals surface area contributed by atoms with E-state index in [4.69, 9.17) is 18.9 Å². The van der Waals surface area contributed by atoms with Crippen LogP contribution in [0, 0.1) is 0 Å². The fourth-order valence-corrected chi connectivity index (χ4v) is 8.37. The van der Waals surface area contributed by atoms with Gasteiger partial charge in [0.2, 0.25) is 0 Å². The van der Waals surface area contributed by atoms with E-state index in [1.807, 2.05) is 0 Å². The van der Waals surface area contributed by atoms with Crippen molar-refractivity contribution in [3.8, 4) is 0 Å². The molecule has 6 atom stereocenters. The first-order valence-electron chi connectivity index (χ1n) is 26.1. The number of rotatable bonds is 45. The second kappa shape index (κ2) is 42.6. The van der Waals surface area contributed by atoms with Crippen LogP contribution in [0.25, 0.3) is 0 Å². The van der Waals surface area contributed by atoms with Gasteiger partial charge in [0.1, 0.15) is 31.0 Å². The number of hydrogen-bond acceptors (Lipinski definition) is 10. The highest BCUT2D eigenvalue weighted by Crippen LogP contribution is 2.23. The summed E-state index contributed by atoms with van der Waals surface area (Å²) in [5.41, 5.74) is 0. The maximum absolute atomic E-state index is 12.8. The first kappa shape index (κ1) is 57.7. The molecule has 0 radical (unpaired) electrons. The van der Waals surface area contributed by atoms with Crippen LogP contribution < -0.4 is 0 Å². The Labute approximate surface area is 374 Å². The van der Waals surface area contributed by atoms with E-state index >= 15 is 0 Å². The lowest BCUT2D eigenvalue weighted by atomic mass is 9.99. The Hall–Kier alpha value is -1.30. The number of unbranched alkanes of at least 4 members (excludes halogenated alkanes) is 34. The van der Waals surface area contributed by atoms with Crippen LogP contribution in [0.3, 0.4) is 0 Å². The Morgan fingerprint density at radius 2 is 0.770 bits per heavy atom. The number of aliphatic hydroxyl groups excluding tert-OH is 4. The van der Waals surface area contributed by atoms with Gasteiger partial charge in [-0.15, -0.1) is 0 Å². The number of esters is 2. The van der Waals surface area contributed by atoms with E-state index in [9.17, 15) is 30.0 Å². The molecule has 0 aromatic heterocycles. The molecule has 1 heterocycles. The molecule has 0 aromatic rings. The van der Waals surface area contributed by atoms with Crippen LogP contribution in [0.4, 0.5) is 0 Å². The summed E-state index contributed by atoms with van der Waals surface area (Å²) in [4.78, 5) is 25.4. The van der Waals surface area contributed by atoms with Crippen molar-refractivity contribution in [2.75, 3.05) is 19.8 Å².